The molecule has 0 saturated heterocycles. The smallest absolute Gasteiger partial charge is 0.307 e. The van der Waals surface area contributed by atoms with E-state index in [0.29, 0.717) is 0 Å². The molecule has 0 aliphatic carbocycles. The van der Waals surface area contributed by atoms with Crippen molar-refractivity contribution in [3.8, 4) is 0 Å². The predicted octanol–water partition coefficient (Wildman–Crippen LogP) is 3.21. The molecule has 1 aromatic rings. The van der Waals surface area contributed by atoms with Gasteiger partial charge < -0.3 is 5.09 Å². The molecule has 20 heavy (non-hydrogen) atoms. The fourth-order valence-electron chi connectivity index (χ4n) is 1.73. The molecule has 0 aromatic heterocycles. The SMILES string of the molecule is CSC/C=C(\NP(=O)(N(C)C)N(C)C)c1ccccc1. The maximum absolute atomic E-state index is 13.1. The van der Waals surface area contributed by atoms with E-state index < -0.39 is 7.59 Å². The van der Waals surface area contributed by atoms with Gasteiger partial charge in [0.1, 0.15) is 0 Å². The van der Waals surface area contributed by atoms with E-state index in [1.165, 1.54) is 0 Å². The standard InChI is InChI=1S/C14H24N3OPS/c1-16(2)19(18,17(3)4)15-14(11-12-20-5)13-9-7-6-8-10-13/h6-11H,12H2,1-5H3,(H,15,18)/b14-11-. The van der Waals surface area contributed by atoms with Gasteiger partial charge >= 0.3 is 7.59 Å². The van der Waals surface area contributed by atoms with Crippen LogP contribution in [0.15, 0.2) is 36.4 Å². The van der Waals surface area contributed by atoms with E-state index in [4.69, 9.17) is 0 Å². The monoisotopic (exact) mass is 313 g/mol. The Kier molecular flexibility index (Phi) is 6.83. The van der Waals surface area contributed by atoms with Crippen molar-refractivity contribution >= 4 is 25.1 Å². The zero-order valence-electron chi connectivity index (χ0n) is 12.8. The Morgan fingerprint density at radius 3 is 2.20 bits per heavy atom. The minimum atomic E-state index is -2.79. The second-order valence-corrected chi connectivity index (χ2v) is 8.61. The van der Waals surface area contributed by atoms with Crippen LogP contribution in [0.25, 0.3) is 5.70 Å². The van der Waals surface area contributed by atoms with Crippen molar-refractivity contribution in [2.45, 2.75) is 0 Å². The third kappa shape index (κ3) is 4.38. The highest BCUT2D eigenvalue weighted by Crippen LogP contribution is 2.47. The van der Waals surface area contributed by atoms with Crippen molar-refractivity contribution in [1.29, 1.82) is 0 Å². The fraction of sp³-hybridized carbons (Fsp3) is 0.429. The van der Waals surface area contributed by atoms with Crippen LogP contribution in [0.4, 0.5) is 0 Å². The number of nitrogens with zero attached hydrogens (tertiary/aromatic N) is 2. The van der Waals surface area contributed by atoms with Crippen LogP contribution >= 0.6 is 19.4 Å². The predicted molar refractivity (Wildman–Crippen MR) is 90.9 cm³/mol. The summed E-state index contributed by atoms with van der Waals surface area (Å²) < 4.78 is 16.5. The van der Waals surface area contributed by atoms with Gasteiger partial charge in [-0.3, -0.25) is 4.57 Å². The van der Waals surface area contributed by atoms with Gasteiger partial charge in [-0.1, -0.05) is 36.4 Å². The minimum absolute atomic E-state index is 0.873. The van der Waals surface area contributed by atoms with E-state index in [9.17, 15) is 4.57 Å². The zero-order chi connectivity index (χ0) is 15.2. The molecule has 0 aliphatic heterocycles. The molecule has 1 N–H and O–H groups in total. The van der Waals surface area contributed by atoms with Gasteiger partial charge in [0.25, 0.3) is 0 Å². The second kappa shape index (κ2) is 7.89. The lowest BCUT2D eigenvalue weighted by Crippen LogP contribution is -2.30. The summed E-state index contributed by atoms with van der Waals surface area (Å²) in [6.45, 7) is 0. The van der Waals surface area contributed by atoms with E-state index in [1.54, 1.807) is 21.1 Å². The Labute approximate surface area is 126 Å². The molecular formula is C14H24N3OPS. The Balaban J connectivity index is 3.11. The lowest BCUT2D eigenvalue weighted by molar-refractivity contribution is 0.441. The highest BCUT2D eigenvalue weighted by Gasteiger charge is 2.28. The molecule has 0 unspecified atom stereocenters. The first-order chi connectivity index (χ1) is 9.41. The Morgan fingerprint density at radius 1 is 1.20 bits per heavy atom. The maximum Gasteiger partial charge on any atom is 0.307 e. The summed E-state index contributed by atoms with van der Waals surface area (Å²) in [6, 6.07) is 10.00. The summed E-state index contributed by atoms with van der Waals surface area (Å²) in [5, 5.41) is 3.24. The Hall–Kier alpha value is -0.740. The van der Waals surface area contributed by atoms with Gasteiger partial charge in [-0.05, 0) is 40.0 Å². The number of thioether (sulfide) groups is 1. The number of nitrogens with one attached hydrogen (secondary N) is 1. The lowest BCUT2D eigenvalue weighted by Gasteiger charge is -2.32. The topological polar surface area (TPSA) is 35.6 Å². The largest absolute Gasteiger partial charge is 0.312 e. The first-order valence-corrected chi connectivity index (χ1v) is 9.41. The van der Waals surface area contributed by atoms with Crippen LogP contribution in [0.1, 0.15) is 5.56 Å². The van der Waals surface area contributed by atoms with Crippen LogP contribution in [0.2, 0.25) is 0 Å². The number of rotatable bonds is 7. The third-order valence-corrected chi connectivity index (χ3v) is 6.09. The van der Waals surface area contributed by atoms with Crippen molar-refractivity contribution in [2.24, 2.45) is 0 Å². The first kappa shape index (κ1) is 17.3. The normalized spacial score (nSPS) is 13.1. The zero-order valence-corrected chi connectivity index (χ0v) is 14.5. The fourth-order valence-corrected chi connectivity index (χ4v) is 3.71. The Morgan fingerprint density at radius 2 is 1.75 bits per heavy atom. The quantitative estimate of drug-likeness (QED) is 0.782. The average Bonchev–Trinajstić information content (AvgIpc) is 2.43. The number of hydrogen-bond donors (Lipinski definition) is 1. The summed E-state index contributed by atoms with van der Waals surface area (Å²) in [5.41, 5.74) is 1.95. The van der Waals surface area contributed by atoms with Gasteiger partial charge in [-0.25, -0.2) is 9.34 Å². The minimum Gasteiger partial charge on any atom is -0.312 e. The molecule has 1 aromatic carbocycles. The summed E-state index contributed by atoms with van der Waals surface area (Å²) in [5.74, 6) is 0.873. The lowest BCUT2D eigenvalue weighted by atomic mass is 10.2. The molecule has 112 valence electrons. The van der Waals surface area contributed by atoms with Gasteiger partial charge in [-0.15, -0.1) is 0 Å². The number of hydrogen-bond acceptors (Lipinski definition) is 2. The van der Waals surface area contributed by atoms with Gasteiger partial charge in [0.05, 0.1) is 0 Å². The molecule has 0 saturated carbocycles. The third-order valence-electron chi connectivity index (χ3n) is 2.89. The van der Waals surface area contributed by atoms with Crippen LogP contribution in [-0.4, -0.2) is 49.5 Å². The van der Waals surface area contributed by atoms with Crippen molar-refractivity contribution in [1.82, 2.24) is 14.4 Å². The van der Waals surface area contributed by atoms with Crippen molar-refractivity contribution < 1.29 is 4.57 Å². The molecule has 0 heterocycles. The molecule has 0 bridgehead atoms. The summed E-state index contributed by atoms with van der Waals surface area (Å²) in [6.07, 6.45) is 4.14. The highest BCUT2D eigenvalue weighted by atomic mass is 32.2. The van der Waals surface area contributed by atoms with Crippen LogP contribution in [-0.2, 0) is 4.57 Å². The van der Waals surface area contributed by atoms with Gasteiger partial charge in [0, 0.05) is 11.4 Å². The van der Waals surface area contributed by atoms with Gasteiger partial charge in [0.2, 0.25) is 0 Å². The van der Waals surface area contributed by atoms with Crippen molar-refractivity contribution in [3.05, 3.63) is 42.0 Å². The average molecular weight is 313 g/mol. The van der Waals surface area contributed by atoms with Crippen LogP contribution in [0, 0.1) is 0 Å². The molecule has 0 radical (unpaired) electrons. The molecule has 4 nitrogen and oxygen atoms in total. The van der Waals surface area contributed by atoms with E-state index >= 15 is 0 Å². The van der Waals surface area contributed by atoms with E-state index in [-0.39, 0.29) is 0 Å². The van der Waals surface area contributed by atoms with Crippen molar-refractivity contribution in [2.75, 3.05) is 40.2 Å². The molecular weight excluding hydrogens is 289 g/mol. The Bertz CT molecular complexity index is 476. The molecule has 0 spiro atoms. The van der Waals surface area contributed by atoms with Gasteiger partial charge in [0.15, 0.2) is 0 Å². The molecule has 0 fully saturated rings. The summed E-state index contributed by atoms with van der Waals surface area (Å²) in [4.78, 5) is 0. The summed E-state index contributed by atoms with van der Waals surface area (Å²) in [7, 11) is 4.51. The van der Waals surface area contributed by atoms with E-state index in [2.05, 4.69) is 17.4 Å². The van der Waals surface area contributed by atoms with Gasteiger partial charge in [-0.2, -0.15) is 11.8 Å². The van der Waals surface area contributed by atoms with Crippen LogP contribution in [0.5, 0.6) is 0 Å². The summed E-state index contributed by atoms with van der Waals surface area (Å²) >= 11 is 1.73. The van der Waals surface area contributed by atoms with Crippen LogP contribution < -0.4 is 5.09 Å². The molecule has 0 amide bonds. The molecule has 0 atom stereocenters. The number of benzene rings is 1. The van der Waals surface area contributed by atoms with Crippen LogP contribution in [0.3, 0.4) is 0 Å². The van der Waals surface area contributed by atoms with E-state index in [1.807, 2.05) is 58.5 Å². The van der Waals surface area contributed by atoms with E-state index in [0.717, 1.165) is 17.0 Å². The highest BCUT2D eigenvalue weighted by molar-refractivity contribution is 7.98. The van der Waals surface area contributed by atoms with Crippen molar-refractivity contribution in [3.63, 3.8) is 0 Å². The molecule has 1 rings (SSSR count). The maximum atomic E-state index is 13.1. The molecule has 6 heteroatoms. The second-order valence-electron chi connectivity index (χ2n) is 4.79. The molecule has 0 aliphatic rings. The first-order valence-electron chi connectivity index (χ1n) is 6.40.